The highest BCUT2D eigenvalue weighted by molar-refractivity contribution is 5.95. The molecule has 1 aliphatic heterocycles. The molecular formula is C33H51NO5. The van der Waals surface area contributed by atoms with Crippen LogP contribution in [0.4, 0.5) is 4.79 Å². The highest BCUT2D eigenvalue weighted by Crippen LogP contribution is 2.67. The predicted octanol–water partition coefficient (Wildman–Crippen LogP) is 7.35. The molecular weight excluding hydrogens is 490 g/mol. The van der Waals surface area contributed by atoms with Gasteiger partial charge in [0.05, 0.1) is 0 Å². The largest absolute Gasteiger partial charge is 0.462 e. The molecule has 218 valence electrons. The summed E-state index contributed by atoms with van der Waals surface area (Å²) in [6.07, 6.45) is 15.7. The first-order chi connectivity index (χ1) is 18.5. The number of allylic oxidation sites excluding steroid dienone is 1. The Morgan fingerprint density at radius 3 is 2.59 bits per heavy atom. The number of hydrogen-bond acceptors (Lipinski definition) is 5. The fourth-order valence-corrected chi connectivity index (χ4v) is 9.84. The Hall–Kier alpha value is -1.85. The molecule has 0 aromatic carbocycles. The third-order valence-electron chi connectivity index (χ3n) is 12.0. The number of ether oxygens (including phenoxy) is 2. The normalized spacial score (nSPS) is 40.2. The summed E-state index contributed by atoms with van der Waals surface area (Å²) >= 11 is 0. The van der Waals surface area contributed by atoms with Crippen LogP contribution >= 0.6 is 0 Å². The zero-order valence-corrected chi connectivity index (χ0v) is 24.9. The van der Waals surface area contributed by atoms with E-state index in [0.717, 1.165) is 54.8 Å². The molecule has 1 amide bonds. The Balaban J connectivity index is 1.18. The quantitative estimate of drug-likeness (QED) is 0.187. The van der Waals surface area contributed by atoms with Gasteiger partial charge < -0.3 is 14.8 Å². The van der Waals surface area contributed by atoms with Gasteiger partial charge in [0, 0.05) is 12.8 Å². The number of cyclic esters (lactones) is 2. The van der Waals surface area contributed by atoms with Gasteiger partial charge in [0.1, 0.15) is 12.1 Å². The predicted molar refractivity (Wildman–Crippen MR) is 151 cm³/mol. The fraction of sp³-hybridized carbons (Fsp3) is 0.848. The van der Waals surface area contributed by atoms with E-state index in [2.05, 4.69) is 50.7 Å². The molecule has 5 rings (SSSR count). The monoisotopic (exact) mass is 541 g/mol. The first-order valence-electron chi connectivity index (χ1n) is 15.9. The van der Waals surface area contributed by atoms with Crippen molar-refractivity contribution >= 4 is 18.0 Å². The molecule has 4 aliphatic carbocycles. The van der Waals surface area contributed by atoms with E-state index in [1.54, 1.807) is 0 Å². The molecule has 9 atom stereocenters. The summed E-state index contributed by atoms with van der Waals surface area (Å²) < 4.78 is 10.4. The molecule has 5 aliphatic rings. The second kappa shape index (κ2) is 11.2. The lowest BCUT2D eigenvalue weighted by Gasteiger charge is -2.58. The van der Waals surface area contributed by atoms with Gasteiger partial charge in [0.25, 0.3) is 0 Å². The second-order valence-corrected chi connectivity index (χ2v) is 14.6. The Bertz CT molecular complexity index is 989. The van der Waals surface area contributed by atoms with E-state index in [1.165, 1.54) is 56.9 Å². The zero-order chi connectivity index (χ0) is 27.9. The minimum Gasteiger partial charge on any atom is -0.462 e. The molecule has 0 spiro atoms. The maximum atomic E-state index is 12.6. The lowest BCUT2D eigenvalue weighted by molar-refractivity contribution is -0.151. The van der Waals surface area contributed by atoms with Gasteiger partial charge in [-0.1, -0.05) is 65.5 Å². The number of rotatable bonds is 9. The number of fused-ring (bicyclic) bond motifs is 5. The Morgan fingerprint density at radius 2 is 1.87 bits per heavy atom. The van der Waals surface area contributed by atoms with Crippen molar-refractivity contribution in [2.45, 2.75) is 130 Å². The van der Waals surface area contributed by atoms with E-state index in [1.807, 2.05) is 0 Å². The van der Waals surface area contributed by atoms with Crippen LogP contribution in [0.3, 0.4) is 0 Å². The fourth-order valence-electron chi connectivity index (χ4n) is 9.84. The van der Waals surface area contributed by atoms with Gasteiger partial charge in [-0.25, -0.2) is 9.59 Å². The van der Waals surface area contributed by atoms with Crippen LogP contribution in [0.25, 0.3) is 0 Å². The van der Waals surface area contributed by atoms with E-state index >= 15 is 0 Å². The summed E-state index contributed by atoms with van der Waals surface area (Å²) in [7, 11) is 0. The number of alkyl carbamates (subject to hydrolysis) is 1. The Morgan fingerprint density at radius 1 is 1.08 bits per heavy atom. The number of nitrogens with one attached hydrogen (secondary N) is 1. The molecule has 39 heavy (non-hydrogen) atoms. The summed E-state index contributed by atoms with van der Waals surface area (Å²) in [5.41, 5.74) is 2.24. The molecule has 1 heterocycles. The van der Waals surface area contributed by atoms with Crippen molar-refractivity contribution < 1.29 is 23.9 Å². The van der Waals surface area contributed by atoms with E-state index in [0.29, 0.717) is 5.41 Å². The molecule has 0 aromatic heterocycles. The van der Waals surface area contributed by atoms with Crippen molar-refractivity contribution in [1.29, 1.82) is 0 Å². The van der Waals surface area contributed by atoms with Gasteiger partial charge in [-0.15, -0.1) is 0 Å². The van der Waals surface area contributed by atoms with Crippen LogP contribution in [0.5, 0.6) is 0 Å². The Kier molecular flexibility index (Phi) is 8.23. The van der Waals surface area contributed by atoms with Crippen molar-refractivity contribution in [2.24, 2.45) is 46.3 Å². The van der Waals surface area contributed by atoms with Gasteiger partial charge in [-0.3, -0.25) is 4.79 Å². The average Bonchev–Trinajstić information content (AvgIpc) is 3.40. The third kappa shape index (κ3) is 5.55. The van der Waals surface area contributed by atoms with Crippen LogP contribution in [-0.2, 0) is 19.1 Å². The lowest BCUT2D eigenvalue weighted by Crippen LogP contribution is -2.51. The van der Waals surface area contributed by atoms with Crippen LogP contribution < -0.4 is 5.32 Å². The molecule has 0 unspecified atom stereocenters. The van der Waals surface area contributed by atoms with Crippen molar-refractivity contribution in [2.75, 3.05) is 0 Å². The zero-order valence-electron chi connectivity index (χ0n) is 24.9. The molecule has 0 aromatic rings. The smallest absolute Gasteiger partial charge is 0.415 e. The van der Waals surface area contributed by atoms with Crippen LogP contribution in [-0.4, -0.2) is 30.2 Å². The molecule has 0 bridgehead atoms. The minimum absolute atomic E-state index is 0.0881. The van der Waals surface area contributed by atoms with Gasteiger partial charge in [0.15, 0.2) is 0 Å². The maximum absolute atomic E-state index is 12.6. The minimum atomic E-state index is -0.743. The first-order valence-corrected chi connectivity index (χ1v) is 15.9. The number of carbonyl (C=O) groups excluding carboxylic acids is 3. The molecule has 6 nitrogen and oxygen atoms in total. The first kappa shape index (κ1) is 28.7. The summed E-state index contributed by atoms with van der Waals surface area (Å²) in [5, 5.41) is 2.44. The van der Waals surface area contributed by atoms with Gasteiger partial charge in [0.2, 0.25) is 0 Å². The van der Waals surface area contributed by atoms with Crippen LogP contribution in [0, 0.1) is 46.3 Å². The second-order valence-electron chi connectivity index (χ2n) is 14.6. The number of carbonyl (C=O) groups is 3. The van der Waals surface area contributed by atoms with Gasteiger partial charge in [-0.05, 0) is 97.7 Å². The van der Waals surface area contributed by atoms with E-state index in [9.17, 15) is 14.4 Å². The SMILES string of the molecule is CC(C)CCC[C@@H](C)[C@H]1CC[C@H]2[C@@H]3CC=C4C[C@@H](OC(=O)CC[C@@H]5NC(=O)OC5=O)CC[C@]4(C)[C@H]3CC[C@]12C. The summed E-state index contributed by atoms with van der Waals surface area (Å²) in [5.74, 6) is 4.01. The van der Waals surface area contributed by atoms with E-state index < -0.39 is 18.1 Å². The van der Waals surface area contributed by atoms with Gasteiger partial charge in [-0.2, -0.15) is 0 Å². The summed E-state index contributed by atoms with van der Waals surface area (Å²) in [6.45, 7) is 12.4. The van der Waals surface area contributed by atoms with Crippen molar-refractivity contribution in [3.63, 3.8) is 0 Å². The van der Waals surface area contributed by atoms with Crippen molar-refractivity contribution in [3.05, 3.63) is 11.6 Å². The summed E-state index contributed by atoms with van der Waals surface area (Å²) in [4.78, 5) is 35.4. The lowest BCUT2D eigenvalue weighted by atomic mass is 9.47. The standard InChI is InChI=1S/C33H51NO5/c1-20(2)7-6-8-21(3)25-11-12-26-24-10-9-22-19-23(15-17-32(22,4)27(24)16-18-33(25,26)5)38-29(35)14-13-28-30(36)39-31(37)34-28/h9,20-21,23-28H,6-8,10-19H2,1-5H3,(H,34,37)/t21-,23+,24+,25-,26+,27+,28+,32+,33-/m1/s1. The third-order valence-corrected chi connectivity index (χ3v) is 12.0. The Labute approximate surface area is 235 Å². The number of amides is 1. The average molecular weight is 542 g/mol. The van der Waals surface area contributed by atoms with E-state index in [-0.39, 0.29) is 30.3 Å². The molecule has 6 heteroatoms. The van der Waals surface area contributed by atoms with Crippen LogP contribution in [0.2, 0.25) is 0 Å². The molecule has 4 fully saturated rings. The molecule has 1 N–H and O–H groups in total. The highest BCUT2D eigenvalue weighted by atomic mass is 16.6. The summed E-state index contributed by atoms with van der Waals surface area (Å²) in [6, 6.07) is -0.743. The molecule has 1 saturated heterocycles. The molecule has 0 radical (unpaired) electrons. The van der Waals surface area contributed by atoms with Crippen molar-refractivity contribution in [1.82, 2.24) is 5.32 Å². The van der Waals surface area contributed by atoms with Crippen molar-refractivity contribution in [3.8, 4) is 0 Å². The van der Waals surface area contributed by atoms with Crippen LogP contribution in [0.15, 0.2) is 11.6 Å². The highest BCUT2D eigenvalue weighted by Gasteiger charge is 2.59. The van der Waals surface area contributed by atoms with Crippen LogP contribution in [0.1, 0.15) is 118 Å². The topological polar surface area (TPSA) is 81.7 Å². The van der Waals surface area contributed by atoms with E-state index in [4.69, 9.17) is 4.74 Å². The number of esters is 2. The maximum Gasteiger partial charge on any atom is 0.415 e. The number of hydrogen-bond donors (Lipinski definition) is 1. The van der Waals surface area contributed by atoms with Gasteiger partial charge >= 0.3 is 18.0 Å². The molecule has 3 saturated carbocycles.